The predicted octanol–water partition coefficient (Wildman–Crippen LogP) is 3.55. The molecule has 1 N–H and O–H groups in total. The lowest BCUT2D eigenvalue weighted by Gasteiger charge is -2.18. The van der Waals surface area contributed by atoms with Gasteiger partial charge in [0.1, 0.15) is 0 Å². The molecule has 1 heterocycles. The zero-order valence-corrected chi connectivity index (χ0v) is 13.4. The fraction of sp³-hybridized carbons (Fsp3) is 0.429. The van der Waals surface area contributed by atoms with Crippen LogP contribution >= 0.6 is 23.2 Å². The van der Waals surface area contributed by atoms with Gasteiger partial charge in [0.15, 0.2) is 5.82 Å². The molecule has 114 valence electrons. The van der Waals surface area contributed by atoms with Gasteiger partial charge in [-0.05, 0) is 24.1 Å². The highest BCUT2D eigenvalue weighted by Crippen LogP contribution is 2.27. The number of nitrogens with one attached hydrogen (secondary N) is 1. The number of rotatable bonds is 7. The molecule has 1 atom stereocenters. The van der Waals surface area contributed by atoms with Crippen molar-refractivity contribution < 1.29 is 9.26 Å². The van der Waals surface area contributed by atoms with E-state index >= 15 is 0 Å². The van der Waals surface area contributed by atoms with Crippen LogP contribution in [0.4, 0.5) is 0 Å². The normalized spacial score (nSPS) is 12.6. The van der Waals surface area contributed by atoms with Crippen LogP contribution in [0.3, 0.4) is 0 Å². The van der Waals surface area contributed by atoms with Crippen LogP contribution in [0.15, 0.2) is 22.7 Å². The van der Waals surface area contributed by atoms with E-state index in [0.29, 0.717) is 34.9 Å². The van der Waals surface area contributed by atoms with Crippen molar-refractivity contribution in [3.8, 4) is 0 Å². The molecule has 7 heteroatoms. The SMILES string of the molecule is COCC[C@@H](NCc1noc(C)n1)c1ccc(Cl)c(Cl)c1. The Morgan fingerprint density at radius 2 is 2.14 bits per heavy atom. The van der Waals surface area contributed by atoms with E-state index in [1.165, 1.54) is 0 Å². The molecule has 5 nitrogen and oxygen atoms in total. The minimum absolute atomic E-state index is 0.0681. The summed E-state index contributed by atoms with van der Waals surface area (Å²) in [4.78, 5) is 4.17. The Morgan fingerprint density at radius 1 is 1.33 bits per heavy atom. The van der Waals surface area contributed by atoms with Crippen LogP contribution in [-0.2, 0) is 11.3 Å². The van der Waals surface area contributed by atoms with E-state index in [1.807, 2.05) is 12.1 Å². The van der Waals surface area contributed by atoms with Crippen LogP contribution in [-0.4, -0.2) is 23.9 Å². The quantitative estimate of drug-likeness (QED) is 0.841. The van der Waals surface area contributed by atoms with E-state index in [4.69, 9.17) is 32.5 Å². The van der Waals surface area contributed by atoms with Gasteiger partial charge in [0.05, 0.1) is 16.6 Å². The fourth-order valence-corrected chi connectivity index (χ4v) is 2.29. The van der Waals surface area contributed by atoms with Crippen LogP contribution in [0, 0.1) is 6.92 Å². The van der Waals surface area contributed by atoms with E-state index < -0.39 is 0 Å². The van der Waals surface area contributed by atoms with Gasteiger partial charge >= 0.3 is 0 Å². The number of aryl methyl sites for hydroxylation is 1. The highest BCUT2D eigenvalue weighted by Gasteiger charge is 2.14. The van der Waals surface area contributed by atoms with Gasteiger partial charge in [-0.1, -0.05) is 34.4 Å². The second-order valence-corrected chi connectivity index (χ2v) is 5.43. The third kappa shape index (κ3) is 4.68. The summed E-state index contributed by atoms with van der Waals surface area (Å²) in [6.45, 7) is 2.90. The third-order valence-corrected chi connectivity index (χ3v) is 3.77. The summed E-state index contributed by atoms with van der Waals surface area (Å²) in [7, 11) is 1.68. The molecule has 2 rings (SSSR count). The average Bonchev–Trinajstić information content (AvgIpc) is 2.88. The fourth-order valence-electron chi connectivity index (χ4n) is 1.98. The number of benzene rings is 1. The molecule has 0 unspecified atom stereocenters. The van der Waals surface area contributed by atoms with Gasteiger partial charge < -0.3 is 14.6 Å². The summed E-state index contributed by atoms with van der Waals surface area (Å²) < 4.78 is 10.1. The topological polar surface area (TPSA) is 60.2 Å². The predicted molar refractivity (Wildman–Crippen MR) is 81.6 cm³/mol. The summed E-state index contributed by atoms with van der Waals surface area (Å²) in [5.74, 6) is 1.17. The van der Waals surface area contributed by atoms with Gasteiger partial charge in [0, 0.05) is 26.7 Å². The standard InChI is InChI=1S/C14H17Cl2N3O2/c1-9-18-14(19-21-9)8-17-13(5-6-20-2)10-3-4-11(15)12(16)7-10/h3-4,7,13,17H,5-6,8H2,1-2H3/t13-/m1/s1. The highest BCUT2D eigenvalue weighted by atomic mass is 35.5. The Hall–Kier alpha value is -1.14. The van der Waals surface area contributed by atoms with Crippen LogP contribution in [0.25, 0.3) is 0 Å². The lowest BCUT2D eigenvalue weighted by molar-refractivity contribution is 0.182. The summed E-state index contributed by atoms with van der Waals surface area (Å²) in [6.07, 6.45) is 0.797. The summed E-state index contributed by atoms with van der Waals surface area (Å²) in [5, 5.41) is 8.32. The lowest BCUT2D eigenvalue weighted by atomic mass is 10.0. The molecule has 21 heavy (non-hydrogen) atoms. The largest absolute Gasteiger partial charge is 0.385 e. The molecule has 0 bridgehead atoms. The zero-order valence-electron chi connectivity index (χ0n) is 11.9. The number of nitrogens with zero attached hydrogens (tertiary/aromatic N) is 2. The van der Waals surface area contributed by atoms with E-state index in [9.17, 15) is 0 Å². The molecule has 1 aromatic carbocycles. The van der Waals surface area contributed by atoms with Crippen molar-refractivity contribution in [3.05, 3.63) is 45.5 Å². The molecule has 2 aromatic rings. The van der Waals surface area contributed by atoms with Crippen molar-refractivity contribution in [2.24, 2.45) is 0 Å². The molecular weight excluding hydrogens is 313 g/mol. The van der Waals surface area contributed by atoms with Gasteiger partial charge in [-0.15, -0.1) is 0 Å². The molecule has 0 aliphatic carbocycles. The Morgan fingerprint density at radius 3 is 2.76 bits per heavy atom. The summed E-state index contributed by atoms with van der Waals surface area (Å²) in [6, 6.07) is 5.67. The molecule has 0 radical (unpaired) electrons. The summed E-state index contributed by atoms with van der Waals surface area (Å²) in [5.41, 5.74) is 1.04. The van der Waals surface area contributed by atoms with Crippen LogP contribution in [0.5, 0.6) is 0 Å². The van der Waals surface area contributed by atoms with Crippen molar-refractivity contribution in [1.29, 1.82) is 0 Å². The molecule has 0 spiro atoms. The van der Waals surface area contributed by atoms with E-state index in [2.05, 4.69) is 15.5 Å². The minimum atomic E-state index is 0.0681. The number of hydrogen-bond acceptors (Lipinski definition) is 5. The Balaban J connectivity index is 2.07. The molecule has 1 aromatic heterocycles. The molecule has 0 saturated carbocycles. The number of methoxy groups -OCH3 is 1. The number of hydrogen-bond donors (Lipinski definition) is 1. The minimum Gasteiger partial charge on any atom is -0.385 e. The second-order valence-electron chi connectivity index (χ2n) is 4.62. The number of aromatic nitrogens is 2. The molecule has 0 amide bonds. The van der Waals surface area contributed by atoms with Crippen LogP contribution in [0.2, 0.25) is 10.0 Å². The van der Waals surface area contributed by atoms with E-state index in [-0.39, 0.29) is 6.04 Å². The monoisotopic (exact) mass is 329 g/mol. The van der Waals surface area contributed by atoms with E-state index in [0.717, 1.165) is 12.0 Å². The number of halogens is 2. The van der Waals surface area contributed by atoms with Crippen LogP contribution in [0.1, 0.15) is 29.7 Å². The van der Waals surface area contributed by atoms with Gasteiger partial charge in [0.25, 0.3) is 0 Å². The maximum absolute atomic E-state index is 6.08. The molecular formula is C14H17Cl2N3O2. The van der Waals surface area contributed by atoms with Gasteiger partial charge in [-0.3, -0.25) is 0 Å². The molecule has 0 saturated heterocycles. The van der Waals surface area contributed by atoms with Crippen molar-refractivity contribution >= 4 is 23.2 Å². The maximum Gasteiger partial charge on any atom is 0.223 e. The second kappa shape index (κ2) is 7.75. The highest BCUT2D eigenvalue weighted by molar-refractivity contribution is 6.42. The number of ether oxygens (including phenoxy) is 1. The molecule has 0 aliphatic heterocycles. The first kappa shape index (κ1) is 16.2. The Labute approximate surface area is 133 Å². The van der Waals surface area contributed by atoms with Gasteiger partial charge in [-0.2, -0.15) is 4.98 Å². The first-order valence-corrected chi connectivity index (χ1v) is 7.32. The van der Waals surface area contributed by atoms with Crippen molar-refractivity contribution in [2.45, 2.75) is 25.9 Å². The average molecular weight is 330 g/mol. The van der Waals surface area contributed by atoms with Crippen molar-refractivity contribution in [1.82, 2.24) is 15.5 Å². The Kier molecular flexibility index (Phi) is 5.99. The van der Waals surface area contributed by atoms with Crippen molar-refractivity contribution in [2.75, 3.05) is 13.7 Å². The van der Waals surface area contributed by atoms with Gasteiger partial charge in [-0.25, -0.2) is 0 Å². The van der Waals surface area contributed by atoms with Crippen molar-refractivity contribution in [3.63, 3.8) is 0 Å². The molecule has 0 aliphatic rings. The lowest BCUT2D eigenvalue weighted by Crippen LogP contribution is -2.23. The first-order chi connectivity index (χ1) is 10.1. The van der Waals surface area contributed by atoms with Crippen LogP contribution < -0.4 is 5.32 Å². The third-order valence-electron chi connectivity index (χ3n) is 3.03. The summed E-state index contributed by atoms with van der Waals surface area (Å²) >= 11 is 12.0. The Bertz CT molecular complexity index is 589. The van der Waals surface area contributed by atoms with Gasteiger partial charge in [0.2, 0.25) is 5.89 Å². The van der Waals surface area contributed by atoms with E-state index in [1.54, 1.807) is 20.1 Å². The maximum atomic E-state index is 6.08. The smallest absolute Gasteiger partial charge is 0.223 e. The molecule has 0 fully saturated rings. The zero-order chi connectivity index (χ0) is 15.2. The first-order valence-electron chi connectivity index (χ1n) is 6.56.